The standard InChI is InChI=1S/C15H12F2N2O3/c16-11-4-9(5-12(17)7-11)6-13(20)19-14(15(21)22)10-2-1-3-18-8-10/h1-5,7-8,14H,6H2,(H,19,20)(H,21,22). The van der Waals surface area contributed by atoms with Crippen LogP contribution in [0.2, 0.25) is 0 Å². The van der Waals surface area contributed by atoms with Gasteiger partial charge in [0.05, 0.1) is 6.42 Å². The first-order chi connectivity index (χ1) is 10.5. The lowest BCUT2D eigenvalue weighted by atomic mass is 10.1. The summed E-state index contributed by atoms with van der Waals surface area (Å²) in [5, 5.41) is 11.5. The third kappa shape index (κ3) is 4.08. The Hall–Kier alpha value is -2.83. The quantitative estimate of drug-likeness (QED) is 0.883. The van der Waals surface area contributed by atoms with E-state index in [0.29, 0.717) is 11.6 Å². The van der Waals surface area contributed by atoms with Gasteiger partial charge in [0.1, 0.15) is 11.6 Å². The van der Waals surface area contributed by atoms with Crippen molar-refractivity contribution in [1.29, 1.82) is 0 Å². The number of benzene rings is 1. The number of pyridine rings is 1. The molecule has 7 heteroatoms. The summed E-state index contributed by atoms with van der Waals surface area (Å²) in [6.07, 6.45) is 2.46. The van der Waals surface area contributed by atoms with Gasteiger partial charge >= 0.3 is 5.97 Å². The summed E-state index contributed by atoms with van der Waals surface area (Å²) in [5.74, 6) is -3.53. The first-order valence-corrected chi connectivity index (χ1v) is 6.33. The second-order valence-electron chi connectivity index (χ2n) is 4.58. The molecular weight excluding hydrogens is 294 g/mol. The van der Waals surface area contributed by atoms with Crippen LogP contribution in [-0.4, -0.2) is 22.0 Å². The van der Waals surface area contributed by atoms with Crippen LogP contribution in [0.15, 0.2) is 42.7 Å². The van der Waals surface area contributed by atoms with Gasteiger partial charge in [-0.25, -0.2) is 13.6 Å². The molecule has 1 atom stereocenters. The number of aromatic nitrogens is 1. The second kappa shape index (κ2) is 6.75. The van der Waals surface area contributed by atoms with Crippen LogP contribution in [0.5, 0.6) is 0 Å². The van der Waals surface area contributed by atoms with E-state index < -0.39 is 29.6 Å². The molecule has 2 N–H and O–H groups in total. The smallest absolute Gasteiger partial charge is 0.330 e. The number of aliphatic carboxylic acids is 1. The molecule has 1 unspecified atom stereocenters. The predicted molar refractivity (Wildman–Crippen MR) is 72.8 cm³/mol. The Labute approximate surface area is 124 Å². The number of carboxylic acid groups (broad SMARTS) is 1. The highest BCUT2D eigenvalue weighted by Gasteiger charge is 2.22. The average Bonchev–Trinajstić information content (AvgIpc) is 2.44. The topological polar surface area (TPSA) is 79.3 Å². The third-order valence-electron chi connectivity index (χ3n) is 2.86. The molecule has 2 rings (SSSR count). The fourth-order valence-electron chi connectivity index (χ4n) is 1.94. The van der Waals surface area contributed by atoms with E-state index in [-0.39, 0.29) is 12.0 Å². The summed E-state index contributed by atoms with van der Waals surface area (Å²) in [5.41, 5.74) is 0.416. The number of carbonyl (C=O) groups excluding carboxylic acids is 1. The Balaban J connectivity index is 2.10. The molecule has 1 amide bonds. The van der Waals surface area contributed by atoms with Gasteiger partial charge in [-0.05, 0) is 23.8 Å². The largest absolute Gasteiger partial charge is 0.479 e. The number of halogens is 2. The summed E-state index contributed by atoms with van der Waals surface area (Å²) >= 11 is 0. The van der Waals surface area contributed by atoms with Gasteiger partial charge in [0.15, 0.2) is 6.04 Å². The molecule has 0 aliphatic carbocycles. The van der Waals surface area contributed by atoms with Gasteiger partial charge in [-0.3, -0.25) is 9.78 Å². The first kappa shape index (κ1) is 15.6. The molecule has 0 aliphatic rings. The minimum Gasteiger partial charge on any atom is -0.479 e. The fourth-order valence-corrected chi connectivity index (χ4v) is 1.94. The minimum atomic E-state index is -1.28. The van der Waals surface area contributed by atoms with Crippen LogP contribution in [0, 0.1) is 11.6 Å². The van der Waals surface area contributed by atoms with E-state index in [2.05, 4.69) is 10.3 Å². The van der Waals surface area contributed by atoms with E-state index >= 15 is 0 Å². The van der Waals surface area contributed by atoms with Crippen molar-refractivity contribution in [2.75, 3.05) is 0 Å². The van der Waals surface area contributed by atoms with Crippen molar-refractivity contribution < 1.29 is 23.5 Å². The molecule has 22 heavy (non-hydrogen) atoms. The van der Waals surface area contributed by atoms with Gasteiger partial charge in [-0.2, -0.15) is 0 Å². The zero-order chi connectivity index (χ0) is 16.1. The Morgan fingerprint density at radius 3 is 2.45 bits per heavy atom. The van der Waals surface area contributed by atoms with Crippen LogP contribution in [0.4, 0.5) is 8.78 Å². The van der Waals surface area contributed by atoms with Crippen LogP contribution in [0.3, 0.4) is 0 Å². The number of hydrogen-bond acceptors (Lipinski definition) is 3. The van der Waals surface area contributed by atoms with Crippen molar-refractivity contribution in [3.63, 3.8) is 0 Å². The number of nitrogens with zero attached hydrogens (tertiary/aromatic N) is 1. The highest BCUT2D eigenvalue weighted by molar-refractivity contribution is 5.85. The predicted octanol–water partition coefficient (Wildman–Crippen LogP) is 1.84. The molecule has 1 aromatic carbocycles. The van der Waals surface area contributed by atoms with Crippen molar-refractivity contribution >= 4 is 11.9 Å². The van der Waals surface area contributed by atoms with Gasteiger partial charge in [0.2, 0.25) is 5.91 Å². The molecule has 0 aliphatic heterocycles. The van der Waals surface area contributed by atoms with E-state index in [4.69, 9.17) is 5.11 Å². The Kier molecular flexibility index (Phi) is 4.77. The number of hydrogen-bond donors (Lipinski definition) is 2. The third-order valence-corrected chi connectivity index (χ3v) is 2.86. The van der Waals surface area contributed by atoms with Crippen molar-refractivity contribution in [3.8, 4) is 0 Å². The van der Waals surface area contributed by atoms with E-state index in [1.807, 2.05) is 0 Å². The number of nitrogens with one attached hydrogen (secondary N) is 1. The van der Waals surface area contributed by atoms with E-state index in [0.717, 1.165) is 12.1 Å². The van der Waals surface area contributed by atoms with Crippen LogP contribution in [0.25, 0.3) is 0 Å². The van der Waals surface area contributed by atoms with Gasteiger partial charge in [0.25, 0.3) is 0 Å². The normalized spacial score (nSPS) is 11.7. The van der Waals surface area contributed by atoms with E-state index in [1.54, 1.807) is 6.07 Å². The Bertz CT molecular complexity index is 672. The van der Waals surface area contributed by atoms with Gasteiger partial charge in [0, 0.05) is 24.0 Å². The van der Waals surface area contributed by atoms with Crippen LogP contribution in [0.1, 0.15) is 17.2 Å². The number of amides is 1. The van der Waals surface area contributed by atoms with Crippen LogP contribution >= 0.6 is 0 Å². The number of carboxylic acids is 1. The molecule has 0 bridgehead atoms. The zero-order valence-electron chi connectivity index (χ0n) is 11.3. The van der Waals surface area contributed by atoms with Crippen molar-refractivity contribution in [1.82, 2.24) is 10.3 Å². The first-order valence-electron chi connectivity index (χ1n) is 6.33. The molecule has 0 radical (unpaired) electrons. The molecule has 1 aromatic heterocycles. The Morgan fingerprint density at radius 2 is 1.91 bits per heavy atom. The monoisotopic (exact) mass is 306 g/mol. The SMILES string of the molecule is O=C(Cc1cc(F)cc(F)c1)NC(C(=O)O)c1cccnc1. The molecule has 1 heterocycles. The van der Waals surface area contributed by atoms with Crippen molar-refractivity contribution in [3.05, 3.63) is 65.5 Å². The lowest BCUT2D eigenvalue weighted by Crippen LogP contribution is -2.34. The lowest BCUT2D eigenvalue weighted by molar-refractivity contribution is -0.142. The van der Waals surface area contributed by atoms with Gasteiger partial charge in [-0.1, -0.05) is 6.07 Å². The maximum absolute atomic E-state index is 13.1. The van der Waals surface area contributed by atoms with Gasteiger partial charge in [-0.15, -0.1) is 0 Å². The molecule has 0 saturated carbocycles. The molecular formula is C15H12F2N2O3. The van der Waals surface area contributed by atoms with E-state index in [1.165, 1.54) is 18.5 Å². The number of carbonyl (C=O) groups is 2. The fraction of sp³-hybridized carbons (Fsp3) is 0.133. The number of rotatable bonds is 5. The Morgan fingerprint density at radius 1 is 1.23 bits per heavy atom. The van der Waals surface area contributed by atoms with E-state index in [9.17, 15) is 18.4 Å². The highest BCUT2D eigenvalue weighted by Crippen LogP contribution is 2.13. The summed E-state index contributed by atoms with van der Waals surface area (Å²) < 4.78 is 26.1. The van der Waals surface area contributed by atoms with Gasteiger partial charge < -0.3 is 10.4 Å². The summed E-state index contributed by atoms with van der Waals surface area (Å²) in [7, 11) is 0. The second-order valence-corrected chi connectivity index (χ2v) is 4.58. The molecule has 0 fully saturated rings. The van der Waals surface area contributed by atoms with Crippen molar-refractivity contribution in [2.45, 2.75) is 12.5 Å². The molecule has 0 saturated heterocycles. The minimum absolute atomic E-state index is 0.116. The highest BCUT2D eigenvalue weighted by atomic mass is 19.1. The molecule has 0 spiro atoms. The average molecular weight is 306 g/mol. The molecule has 2 aromatic rings. The molecule has 5 nitrogen and oxygen atoms in total. The molecule has 114 valence electrons. The maximum Gasteiger partial charge on any atom is 0.330 e. The van der Waals surface area contributed by atoms with Crippen molar-refractivity contribution in [2.24, 2.45) is 0 Å². The summed E-state index contributed by atoms with van der Waals surface area (Å²) in [4.78, 5) is 26.9. The maximum atomic E-state index is 13.1. The van der Waals surface area contributed by atoms with Crippen LogP contribution in [-0.2, 0) is 16.0 Å². The zero-order valence-corrected chi connectivity index (χ0v) is 11.3. The summed E-state index contributed by atoms with van der Waals surface area (Å²) in [6.45, 7) is 0. The lowest BCUT2D eigenvalue weighted by Gasteiger charge is -2.14. The summed E-state index contributed by atoms with van der Waals surface area (Å²) in [6, 6.07) is 4.50. The van der Waals surface area contributed by atoms with Crippen LogP contribution < -0.4 is 5.32 Å².